The van der Waals surface area contributed by atoms with Crippen LogP contribution in [0, 0.1) is 51.0 Å². The molecule has 82 heavy (non-hydrogen) atoms. The summed E-state index contributed by atoms with van der Waals surface area (Å²) < 4.78 is 67.0. The van der Waals surface area contributed by atoms with Gasteiger partial charge in [-0.1, -0.05) is 165 Å². The van der Waals surface area contributed by atoms with Crippen molar-refractivity contribution in [3.63, 3.8) is 0 Å². The quantitative estimate of drug-likeness (QED) is 0.0724. The van der Waals surface area contributed by atoms with E-state index >= 15 is 17.6 Å². The Hall–Kier alpha value is -9.00. The number of hydrogen-bond donors (Lipinski definition) is 0. The molecule has 0 bridgehead atoms. The first-order chi connectivity index (χ1) is 39.3. The van der Waals surface area contributed by atoms with Crippen LogP contribution in [-0.4, -0.2) is 0 Å². The fraction of sp³-hybridized carbons (Fsp3) is 0.158. The molecule has 406 valence electrons. The predicted octanol–water partition coefficient (Wildman–Crippen LogP) is 21.7. The van der Waals surface area contributed by atoms with Gasteiger partial charge < -0.3 is 9.80 Å². The van der Waals surface area contributed by atoms with Crippen molar-refractivity contribution >= 4 is 34.0 Å². The highest BCUT2D eigenvalue weighted by Gasteiger charge is 2.39. The molecule has 0 unspecified atom stereocenters. The van der Waals surface area contributed by atoms with Crippen molar-refractivity contribution < 1.29 is 17.6 Å². The predicted molar refractivity (Wildman–Crippen MR) is 334 cm³/mol. The highest BCUT2D eigenvalue weighted by molar-refractivity contribution is 5.89. The lowest BCUT2D eigenvalue weighted by Crippen LogP contribution is -2.15. The second-order valence-electron chi connectivity index (χ2n) is 23.5. The Bertz CT molecular complexity index is 4100. The van der Waals surface area contributed by atoms with Crippen molar-refractivity contribution in [2.75, 3.05) is 9.80 Å². The molecule has 6 heteroatoms. The standard InChI is InChI=1S/C76H64F4N2/c1-45-11-27-56(28-12-45)81(57-29-13-46(2)14-30-57)50(6)20-19-49(5)52-23-37-61-63-39-25-54(43-67(63)75(7,8)65(61)41-52)69-71(77)73(79)70(74(80)72(69)78)55-26-40-64-62-38-24-53(42-66(62)76(9,10)68(64)44-55)51-21-35-60(36-22-51)82(58-31-15-47(3)16-32-58)59-33-17-48(4)18-34-59/h11-44H,1-10H3/b49-19+,50-20+. The van der Waals surface area contributed by atoms with Crippen molar-refractivity contribution in [3.8, 4) is 55.6 Å². The number of rotatable bonds is 11. The zero-order valence-corrected chi connectivity index (χ0v) is 48.0. The maximum atomic E-state index is 16.7. The van der Waals surface area contributed by atoms with E-state index in [1.165, 1.54) is 22.3 Å². The van der Waals surface area contributed by atoms with Gasteiger partial charge in [-0.25, -0.2) is 17.6 Å². The number of nitrogens with zero attached hydrogens (tertiary/aromatic N) is 2. The minimum absolute atomic E-state index is 0.0627. The summed E-state index contributed by atoms with van der Waals surface area (Å²) >= 11 is 0. The average Bonchev–Trinajstić information content (AvgIpc) is 3.97. The molecule has 0 amide bonds. The van der Waals surface area contributed by atoms with Crippen LogP contribution in [0.3, 0.4) is 0 Å². The Labute approximate surface area is 480 Å². The van der Waals surface area contributed by atoms with Crippen molar-refractivity contribution in [2.45, 2.75) is 80.1 Å². The Morgan fingerprint density at radius 1 is 0.341 bits per heavy atom. The summed E-state index contributed by atoms with van der Waals surface area (Å²) in [5, 5.41) is 0. The summed E-state index contributed by atoms with van der Waals surface area (Å²) in [6.45, 7) is 20.8. The van der Waals surface area contributed by atoms with Gasteiger partial charge in [0.2, 0.25) is 0 Å². The Kier molecular flexibility index (Phi) is 13.4. The smallest absolute Gasteiger partial charge is 0.170 e. The van der Waals surface area contributed by atoms with Crippen LogP contribution in [0.2, 0.25) is 0 Å². The SMILES string of the molecule is C/C(=C\C=C(/C)N(c1ccc(C)cc1)c1ccc(C)cc1)c1ccc2c(c1)C(C)(C)c1cc(-c3c(F)c(F)c(-c4ccc5c(c4)C(C)(C)c4cc(-c6ccc(N(c7ccc(C)cc7)c7ccc(C)cc7)cc6)ccc4-5)c(F)c3F)ccc1-2. The third kappa shape index (κ3) is 9.24. The molecule has 2 aliphatic rings. The monoisotopic (exact) mass is 1080 g/mol. The molecule has 0 saturated carbocycles. The van der Waals surface area contributed by atoms with Crippen LogP contribution in [0.25, 0.3) is 61.2 Å². The third-order valence-corrected chi connectivity index (χ3v) is 17.2. The van der Waals surface area contributed by atoms with Crippen LogP contribution in [0.5, 0.6) is 0 Å². The number of halogens is 4. The molecule has 0 aliphatic heterocycles. The summed E-state index contributed by atoms with van der Waals surface area (Å²) in [4.78, 5) is 4.49. The summed E-state index contributed by atoms with van der Waals surface area (Å²) in [6.07, 6.45) is 4.26. The molecule has 0 heterocycles. The molecular weight excluding hydrogens is 1020 g/mol. The van der Waals surface area contributed by atoms with Crippen molar-refractivity contribution in [1.29, 1.82) is 0 Å². The van der Waals surface area contributed by atoms with Crippen LogP contribution in [0.15, 0.2) is 212 Å². The van der Waals surface area contributed by atoms with Crippen LogP contribution < -0.4 is 9.80 Å². The second-order valence-corrected chi connectivity index (χ2v) is 23.5. The van der Waals surface area contributed by atoms with Gasteiger partial charge in [-0.3, -0.25) is 0 Å². The van der Waals surface area contributed by atoms with E-state index < -0.39 is 45.2 Å². The highest BCUT2D eigenvalue weighted by Crippen LogP contribution is 2.53. The molecule has 0 aromatic heterocycles. The molecule has 0 radical (unpaired) electrons. The lowest BCUT2D eigenvalue weighted by molar-refractivity contribution is 0.463. The maximum absolute atomic E-state index is 16.7. The lowest BCUT2D eigenvalue weighted by Gasteiger charge is -2.26. The van der Waals surface area contributed by atoms with Gasteiger partial charge in [0, 0.05) is 45.0 Å². The van der Waals surface area contributed by atoms with Gasteiger partial charge in [-0.05, 0) is 210 Å². The van der Waals surface area contributed by atoms with Gasteiger partial charge in [-0.2, -0.15) is 0 Å². The molecule has 12 rings (SSSR count). The average molecular weight is 1080 g/mol. The first kappa shape index (κ1) is 53.6. The molecule has 0 saturated heterocycles. The Morgan fingerprint density at radius 3 is 1.04 bits per heavy atom. The molecule has 0 N–H and O–H groups in total. The second kappa shape index (κ2) is 20.5. The first-order valence-corrected chi connectivity index (χ1v) is 28.1. The largest absolute Gasteiger partial charge is 0.315 e. The molecule has 0 atom stereocenters. The molecule has 0 fully saturated rings. The summed E-state index contributed by atoms with van der Waals surface area (Å²) in [7, 11) is 0. The maximum Gasteiger partial charge on any atom is 0.170 e. The van der Waals surface area contributed by atoms with Crippen LogP contribution in [0.1, 0.15) is 91.6 Å². The minimum atomic E-state index is -1.43. The van der Waals surface area contributed by atoms with E-state index in [2.05, 4.69) is 249 Å². The van der Waals surface area contributed by atoms with Gasteiger partial charge in [0.05, 0.1) is 11.1 Å². The minimum Gasteiger partial charge on any atom is -0.315 e. The van der Waals surface area contributed by atoms with E-state index in [4.69, 9.17) is 0 Å². The van der Waals surface area contributed by atoms with Gasteiger partial charge >= 0.3 is 0 Å². The molecule has 10 aromatic carbocycles. The first-order valence-electron chi connectivity index (χ1n) is 28.1. The van der Waals surface area contributed by atoms with Crippen molar-refractivity contribution in [2.24, 2.45) is 0 Å². The zero-order chi connectivity index (χ0) is 57.5. The molecule has 2 nitrogen and oxygen atoms in total. The number of allylic oxidation sites excluding steroid dienone is 4. The van der Waals surface area contributed by atoms with E-state index in [-0.39, 0.29) is 11.1 Å². The highest BCUT2D eigenvalue weighted by atomic mass is 19.2. The molecular formula is C76H64F4N2. The van der Waals surface area contributed by atoms with Gasteiger partial charge in [0.15, 0.2) is 23.3 Å². The third-order valence-electron chi connectivity index (χ3n) is 17.2. The normalized spacial score (nSPS) is 13.8. The Balaban J connectivity index is 0.811. The Morgan fingerprint density at radius 2 is 0.646 bits per heavy atom. The van der Waals surface area contributed by atoms with Gasteiger partial charge in [-0.15, -0.1) is 0 Å². The van der Waals surface area contributed by atoms with Crippen LogP contribution >= 0.6 is 0 Å². The van der Waals surface area contributed by atoms with Crippen molar-refractivity contribution in [1.82, 2.24) is 0 Å². The number of aryl methyl sites for hydroxylation is 4. The van der Waals surface area contributed by atoms with E-state index in [0.717, 1.165) is 101 Å². The van der Waals surface area contributed by atoms with E-state index in [9.17, 15) is 0 Å². The van der Waals surface area contributed by atoms with E-state index in [0.29, 0.717) is 0 Å². The van der Waals surface area contributed by atoms with Crippen LogP contribution in [-0.2, 0) is 10.8 Å². The summed E-state index contributed by atoms with van der Waals surface area (Å²) in [5.74, 6) is -5.74. The number of benzene rings is 10. The summed E-state index contributed by atoms with van der Waals surface area (Å²) in [6, 6.07) is 65.4. The topological polar surface area (TPSA) is 6.48 Å². The molecule has 2 aliphatic carbocycles. The van der Waals surface area contributed by atoms with E-state index in [1.54, 1.807) is 24.3 Å². The number of anilines is 5. The summed E-state index contributed by atoms with van der Waals surface area (Å²) in [5.41, 5.74) is 20.2. The molecule has 10 aromatic rings. The zero-order valence-electron chi connectivity index (χ0n) is 48.0. The number of fused-ring (bicyclic) bond motifs is 6. The van der Waals surface area contributed by atoms with Gasteiger partial charge in [0.25, 0.3) is 0 Å². The lowest BCUT2D eigenvalue weighted by atomic mass is 9.80. The van der Waals surface area contributed by atoms with E-state index in [1.807, 2.05) is 12.1 Å². The number of hydrogen-bond acceptors (Lipinski definition) is 2. The van der Waals surface area contributed by atoms with Gasteiger partial charge in [0.1, 0.15) is 0 Å². The van der Waals surface area contributed by atoms with Crippen LogP contribution in [0.4, 0.5) is 46.0 Å². The van der Waals surface area contributed by atoms with Crippen molar-refractivity contribution in [3.05, 3.63) is 285 Å². The fourth-order valence-electron chi connectivity index (χ4n) is 12.3. The fourth-order valence-corrected chi connectivity index (χ4v) is 12.3. The molecule has 0 spiro atoms.